The van der Waals surface area contributed by atoms with E-state index < -0.39 is 11.7 Å². The summed E-state index contributed by atoms with van der Waals surface area (Å²) >= 11 is 0. The Morgan fingerprint density at radius 3 is 2.85 bits per heavy atom. The van der Waals surface area contributed by atoms with Crippen molar-refractivity contribution in [2.24, 2.45) is 0 Å². The Morgan fingerprint density at radius 2 is 2.08 bits per heavy atom. The van der Waals surface area contributed by atoms with Gasteiger partial charge in [0.15, 0.2) is 18.2 Å². The van der Waals surface area contributed by atoms with Crippen LogP contribution in [0.1, 0.15) is 6.42 Å². The molecule has 3 rings (SSSR count). The Balaban J connectivity index is 1.55. The number of benzene rings is 2. The summed E-state index contributed by atoms with van der Waals surface area (Å²) in [6, 6.07) is 12.7. The van der Waals surface area contributed by atoms with Gasteiger partial charge in [-0.15, -0.1) is 0 Å². The quantitative estimate of drug-likeness (QED) is 0.859. The summed E-state index contributed by atoms with van der Waals surface area (Å²) in [6.45, 7) is 0.0439. The third-order valence-corrected chi connectivity index (χ3v) is 4.05. The average molecular weight is 358 g/mol. The lowest BCUT2D eigenvalue weighted by Crippen LogP contribution is -2.39. The molecule has 2 aromatic carbocycles. The maximum atomic E-state index is 13.5. The lowest BCUT2D eigenvalue weighted by molar-refractivity contribution is -0.123. The fourth-order valence-corrected chi connectivity index (χ4v) is 2.81. The van der Waals surface area contributed by atoms with Crippen LogP contribution in [-0.2, 0) is 9.59 Å². The molecule has 0 aliphatic carbocycles. The van der Waals surface area contributed by atoms with E-state index in [1.807, 2.05) is 6.07 Å². The van der Waals surface area contributed by atoms with Gasteiger partial charge in [0.05, 0.1) is 13.2 Å². The summed E-state index contributed by atoms with van der Waals surface area (Å²) in [5, 5.41) is 2.75. The summed E-state index contributed by atoms with van der Waals surface area (Å²) in [5.41, 5.74) is 0.716. The zero-order valence-electron chi connectivity index (χ0n) is 14.3. The molecule has 0 aromatic heterocycles. The second-order valence-corrected chi connectivity index (χ2v) is 5.89. The molecule has 1 saturated heterocycles. The van der Waals surface area contributed by atoms with Crippen molar-refractivity contribution in [1.82, 2.24) is 5.32 Å². The maximum Gasteiger partial charge on any atom is 0.258 e. The first kappa shape index (κ1) is 17.7. The number of amides is 2. The second kappa shape index (κ2) is 7.86. The van der Waals surface area contributed by atoms with Gasteiger partial charge in [-0.1, -0.05) is 18.2 Å². The van der Waals surface area contributed by atoms with E-state index in [1.165, 1.54) is 12.1 Å². The largest absolute Gasteiger partial charge is 0.497 e. The minimum absolute atomic E-state index is 0.0168. The van der Waals surface area contributed by atoms with E-state index in [2.05, 4.69) is 5.32 Å². The Bertz CT molecular complexity index is 812. The molecule has 0 unspecified atom stereocenters. The number of carbonyl (C=O) groups excluding carboxylic acids is 2. The molecule has 7 heteroatoms. The second-order valence-electron chi connectivity index (χ2n) is 5.89. The minimum atomic E-state index is -0.527. The topological polar surface area (TPSA) is 67.9 Å². The Labute approximate surface area is 150 Å². The van der Waals surface area contributed by atoms with Crippen LogP contribution in [0, 0.1) is 5.82 Å². The number of hydrogen-bond acceptors (Lipinski definition) is 4. The smallest absolute Gasteiger partial charge is 0.258 e. The molecule has 0 saturated carbocycles. The molecule has 2 aromatic rings. The standard InChI is InChI=1S/C19H19FN2O4/c1-25-15-6-4-5-14(10-15)22-11-13(9-19(22)24)21-18(23)12-26-17-8-3-2-7-16(17)20/h2-8,10,13H,9,11-12H2,1H3,(H,21,23)/t13-/m0/s1. The van der Waals surface area contributed by atoms with Crippen LogP contribution in [0.4, 0.5) is 10.1 Å². The van der Waals surface area contributed by atoms with Gasteiger partial charge in [0, 0.05) is 24.7 Å². The summed E-state index contributed by atoms with van der Waals surface area (Å²) < 4.78 is 23.8. The van der Waals surface area contributed by atoms with Crippen LogP contribution < -0.4 is 19.7 Å². The van der Waals surface area contributed by atoms with E-state index in [-0.39, 0.29) is 30.7 Å². The molecular weight excluding hydrogens is 339 g/mol. The highest BCUT2D eigenvalue weighted by molar-refractivity contribution is 5.97. The number of carbonyl (C=O) groups is 2. The van der Waals surface area contributed by atoms with Crippen molar-refractivity contribution in [1.29, 1.82) is 0 Å². The zero-order valence-corrected chi connectivity index (χ0v) is 14.3. The van der Waals surface area contributed by atoms with Crippen molar-refractivity contribution in [2.75, 3.05) is 25.2 Å². The summed E-state index contributed by atoms with van der Waals surface area (Å²) in [6.07, 6.45) is 0.197. The first-order valence-corrected chi connectivity index (χ1v) is 8.18. The van der Waals surface area contributed by atoms with Crippen LogP contribution in [-0.4, -0.2) is 38.1 Å². The van der Waals surface area contributed by atoms with Gasteiger partial charge in [-0.05, 0) is 24.3 Å². The highest BCUT2D eigenvalue weighted by Gasteiger charge is 2.31. The van der Waals surface area contributed by atoms with E-state index in [0.717, 1.165) is 0 Å². The van der Waals surface area contributed by atoms with E-state index >= 15 is 0 Å². The summed E-state index contributed by atoms with van der Waals surface area (Å²) in [7, 11) is 1.56. The zero-order chi connectivity index (χ0) is 18.5. The van der Waals surface area contributed by atoms with Gasteiger partial charge in [-0.25, -0.2) is 4.39 Å². The fraction of sp³-hybridized carbons (Fsp3) is 0.263. The number of hydrogen-bond donors (Lipinski definition) is 1. The van der Waals surface area contributed by atoms with Crippen LogP contribution in [0.5, 0.6) is 11.5 Å². The van der Waals surface area contributed by atoms with Crippen molar-refractivity contribution >= 4 is 17.5 Å². The number of methoxy groups -OCH3 is 1. The van der Waals surface area contributed by atoms with E-state index in [4.69, 9.17) is 9.47 Å². The molecule has 0 radical (unpaired) electrons. The third kappa shape index (κ3) is 4.11. The number of halogens is 1. The lowest BCUT2D eigenvalue weighted by atomic mass is 10.2. The number of ether oxygens (including phenoxy) is 2. The van der Waals surface area contributed by atoms with Crippen LogP contribution in [0.25, 0.3) is 0 Å². The Hall–Kier alpha value is -3.09. The monoisotopic (exact) mass is 358 g/mol. The number of nitrogens with one attached hydrogen (secondary N) is 1. The van der Waals surface area contributed by atoms with Gasteiger partial charge in [0.1, 0.15) is 5.75 Å². The highest BCUT2D eigenvalue weighted by Crippen LogP contribution is 2.25. The molecule has 0 spiro atoms. The number of para-hydroxylation sites is 1. The third-order valence-electron chi connectivity index (χ3n) is 4.05. The van der Waals surface area contributed by atoms with Crippen molar-refractivity contribution in [3.63, 3.8) is 0 Å². The van der Waals surface area contributed by atoms with Gasteiger partial charge < -0.3 is 19.7 Å². The fourth-order valence-electron chi connectivity index (χ4n) is 2.81. The van der Waals surface area contributed by atoms with E-state index in [0.29, 0.717) is 18.0 Å². The summed E-state index contributed by atoms with van der Waals surface area (Å²) in [4.78, 5) is 25.9. The van der Waals surface area contributed by atoms with Gasteiger partial charge in [-0.3, -0.25) is 9.59 Å². The summed E-state index contributed by atoms with van der Waals surface area (Å²) in [5.74, 6) is -0.345. The minimum Gasteiger partial charge on any atom is -0.497 e. The van der Waals surface area contributed by atoms with Crippen LogP contribution in [0.2, 0.25) is 0 Å². The van der Waals surface area contributed by atoms with Crippen LogP contribution >= 0.6 is 0 Å². The molecule has 1 aliphatic rings. The van der Waals surface area contributed by atoms with Crippen LogP contribution in [0.3, 0.4) is 0 Å². The van der Waals surface area contributed by atoms with Crippen molar-refractivity contribution in [3.8, 4) is 11.5 Å². The lowest BCUT2D eigenvalue weighted by Gasteiger charge is -2.18. The Kier molecular flexibility index (Phi) is 5.36. The molecule has 1 heterocycles. The number of rotatable bonds is 6. The first-order chi connectivity index (χ1) is 12.6. The highest BCUT2D eigenvalue weighted by atomic mass is 19.1. The van der Waals surface area contributed by atoms with Gasteiger partial charge >= 0.3 is 0 Å². The van der Waals surface area contributed by atoms with Crippen LogP contribution in [0.15, 0.2) is 48.5 Å². The maximum absolute atomic E-state index is 13.5. The van der Waals surface area contributed by atoms with Crippen molar-refractivity contribution in [3.05, 3.63) is 54.3 Å². The molecule has 6 nitrogen and oxygen atoms in total. The molecule has 1 fully saturated rings. The first-order valence-electron chi connectivity index (χ1n) is 8.18. The normalized spacial score (nSPS) is 16.5. The van der Waals surface area contributed by atoms with Crippen molar-refractivity contribution in [2.45, 2.75) is 12.5 Å². The molecule has 136 valence electrons. The van der Waals surface area contributed by atoms with Gasteiger partial charge in [0.2, 0.25) is 5.91 Å². The molecule has 0 bridgehead atoms. The molecule has 1 atom stereocenters. The molecule has 1 N–H and O–H groups in total. The molecule has 1 aliphatic heterocycles. The van der Waals surface area contributed by atoms with Gasteiger partial charge in [0.25, 0.3) is 5.91 Å². The molecular formula is C19H19FN2O4. The average Bonchev–Trinajstić information content (AvgIpc) is 3.01. The SMILES string of the molecule is COc1cccc(N2C[C@@H](NC(=O)COc3ccccc3F)CC2=O)c1. The van der Waals surface area contributed by atoms with E-state index in [1.54, 1.807) is 42.3 Å². The predicted molar refractivity (Wildman–Crippen MR) is 93.8 cm³/mol. The number of anilines is 1. The molecule has 26 heavy (non-hydrogen) atoms. The number of nitrogens with zero attached hydrogens (tertiary/aromatic N) is 1. The van der Waals surface area contributed by atoms with Gasteiger partial charge in [-0.2, -0.15) is 0 Å². The molecule has 2 amide bonds. The predicted octanol–water partition coefficient (Wildman–Crippen LogP) is 2.13. The Morgan fingerprint density at radius 1 is 1.27 bits per heavy atom. The van der Waals surface area contributed by atoms with E-state index in [9.17, 15) is 14.0 Å². The van der Waals surface area contributed by atoms with Crippen molar-refractivity contribution < 1.29 is 23.5 Å².